The number of pyridine rings is 2. The number of hydrogen-bond acceptors (Lipinski definition) is 8. The third-order valence-corrected chi connectivity index (χ3v) is 5.20. The Morgan fingerprint density at radius 3 is 2.82 bits per heavy atom. The van der Waals surface area contributed by atoms with Gasteiger partial charge in [-0.05, 0) is 29.8 Å². The zero-order valence-electron chi connectivity index (χ0n) is 17.2. The number of carbonyl (C=O) groups is 2. The molecule has 3 aromatic heterocycles. The Bertz CT molecular complexity index is 1370. The third kappa shape index (κ3) is 3.95. The van der Waals surface area contributed by atoms with Gasteiger partial charge in [0.15, 0.2) is 11.4 Å². The summed E-state index contributed by atoms with van der Waals surface area (Å²) in [6, 6.07) is 9.09. The van der Waals surface area contributed by atoms with E-state index >= 15 is 0 Å². The van der Waals surface area contributed by atoms with Gasteiger partial charge >= 0.3 is 0 Å². The van der Waals surface area contributed by atoms with Gasteiger partial charge in [0.25, 0.3) is 11.8 Å². The Hall–Kier alpha value is -4.41. The van der Waals surface area contributed by atoms with Gasteiger partial charge in [-0.25, -0.2) is 9.37 Å². The second-order valence-corrected chi connectivity index (χ2v) is 7.44. The number of carbonyl (C=O) groups excluding carboxylic acids is 2. The maximum atomic E-state index is 13.2. The molecule has 0 spiro atoms. The molecule has 166 valence electrons. The van der Waals surface area contributed by atoms with Crippen molar-refractivity contribution < 1.29 is 23.5 Å². The zero-order chi connectivity index (χ0) is 22.9. The summed E-state index contributed by atoms with van der Waals surface area (Å²) in [7, 11) is 0. The van der Waals surface area contributed by atoms with E-state index in [2.05, 4.69) is 25.5 Å². The van der Waals surface area contributed by atoms with Crippen molar-refractivity contribution in [3.8, 4) is 17.3 Å². The summed E-state index contributed by atoms with van der Waals surface area (Å²) >= 11 is 0. The fraction of sp³-hybridized carbons (Fsp3) is 0.182. The number of rotatable bonds is 4. The summed E-state index contributed by atoms with van der Waals surface area (Å²) in [5.74, 6) is -1.28. The van der Waals surface area contributed by atoms with Crippen LogP contribution >= 0.6 is 0 Å². The minimum absolute atomic E-state index is 0.0129. The summed E-state index contributed by atoms with van der Waals surface area (Å²) in [4.78, 5) is 34.9. The predicted octanol–water partition coefficient (Wildman–Crippen LogP) is 1.69. The van der Waals surface area contributed by atoms with Crippen molar-refractivity contribution in [1.82, 2.24) is 30.4 Å². The van der Waals surface area contributed by atoms with Crippen LogP contribution in [0.25, 0.3) is 22.5 Å². The average molecular weight is 448 g/mol. The molecular formula is C22H17FN6O4. The van der Waals surface area contributed by atoms with E-state index in [0.717, 1.165) is 5.56 Å². The summed E-state index contributed by atoms with van der Waals surface area (Å²) in [6.45, 7) is 0.565. The zero-order valence-corrected chi connectivity index (χ0v) is 17.2. The lowest BCUT2D eigenvalue weighted by Gasteiger charge is -2.26. The fourth-order valence-corrected chi connectivity index (χ4v) is 3.59. The molecule has 0 atom stereocenters. The van der Waals surface area contributed by atoms with Crippen LogP contribution in [-0.4, -0.2) is 61.6 Å². The molecular weight excluding hydrogens is 431 g/mol. The smallest absolute Gasteiger partial charge is 0.273 e. The summed E-state index contributed by atoms with van der Waals surface area (Å²) in [5, 5.41) is 21.7. The van der Waals surface area contributed by atoms with Gasteiger partial charge in [0, 0.05) is 24.7 Å². The van der Waals surface area contributed by atoms with Crippen molar-refractivity contribution >= 4 is 22.7 Å². The number of hydrogen-bond donors (Lipinski definition) is 2. The third-order valence-electron chi connectivity index (χ3n) is 5.20. The Balaban J connectivity index is 1.54. The average Bonchev–Trinajstić information content (AvgIpc) is 3.29. The van der Waals surface area contributed by atoms with Gasteiger partial charge in [0.2, 0.25) is 11.8 Å². The van der Waals surface area contributed by atoms with Crippen molar-refractivity contribution in [2.45, 2.75) is 6.42 Å². The van der Waals surface area contributed by atoms with E-state index in [0.29, 0.717) is 18.5 Å². The lowest BCUT2D eigenvalue weighted by molar-refractivity contribution is -0.123. The van der Waals surface area contributed by atoms with Crippen molar-refractivity contribution in [3.63, 3.8) is 0 Å². The molecule has 1 aliphatic rings. The SMILES string of the molecule is O=C1CN(C(=O)c2nc(-c3nnc(Cc4ccc(F)cc4)o3)c(O)c3ncccc23)CCN1. The van der Waals surface area contributed by atoms with E-state index in [4.69, 9.17) is 4.42 Å². The number of aromatic hydroxyl groups is 1. The molecule has 4 aromatic rings. The lowest BCUT2D eigenvalue weighted by atomic mass is 10.1. The van der Waals surface area contributed by atoms with Crippen molar-refractivity contribution in [1.29, 1.82) is 0 Å². The number of benzene rings is 1. The number of halogens is 1. The molecule has 4 heterocycles. The van der Waals surface area contributed by atoms with E-state index in [-0.39, 0.29) is 59.1 Å². The Morgan fingerprint density at radius 2 is 2.03 bits per heavy atom. The van der Waals surface area contributed by atoms with Crippen LogP contribution in [0.3, 0.4) is 0 Å². The van der Waals surface area contributed by atoms with Crippen LogP contribution in [0.15, 0.2) is 47.0 Å². The quantitative estimate of drug-likeness (QED) is 0.482. The maximum Gasteiger partial charge on any atom is 0.273 e. The molecule has 1 aliphatic heterocycles. The molecule has 0 unspecified atom stereocenters. The van der Waals surface area contributed by atoms with Crippen molar-refractivity contribution in [3.05, 3.63) is 65.6 Å². The molecule has 33 heavy (non-hydrogen) atoms. The maximum absolute atomic E-state index is 13.2. The highest BCUT2D eigenvalue weighted by molar-refractivity contribution is 6.08. The molecule has 1 saturated heterocycles. The first kappa shape index (κ1) is 20.5. The lowest BCUT2D eigenvalue weighted by Crippen LogP contribution is -2.50. The first-order chi connectivity index (χ1) is 16.0. The van der Waals surface area contributed by atoms with Gasteiger partial charge < -0.3 is 19.7 Å². The fourth-order valence-electron chi connectivity index (χ4n) is 3.59. The van der Waals surface area contributed by atoms with Crippen LogP contribution in [0, 0.1) is 5.82 Å². The number of fused-ring (bicyclic) bond motifs is 1. The second kappa shape index (κ2) is 8.26. The molecule has 0 bridgehead atoms. The van der Waals surface area contributed by atoms with E-state index < -0.39 is 5.91 Å². The second-order valence-electron chi connectivity index (χ2n) is 7.44. The van der Waals surface area contributed by atoms with E-state index in [1.165, 1.54) is 23.2 Å². The van der Waals surface area contributed by atoms with E-state index in [1.807, 2.05) is 0 Å². The highest BCUT2D eigenvalue weighted by Crippen LogP contribution is 2.34. The molecule has 10 nitrogen and oxygen atoms in total. The monoisotopic (exact) mass is 448 g/mol. The van der Waals surface area contributed by atoms with Crippen LogP contribution in [0.1, 0.15) is 21.9 Å². The number of nitrogens with one attached hydrogen (secondary N) is 1. The molecule has 5 rings (SSSR count). The molecule has 2 N–H and O–H groups in total. The van der Waals surface area contributed by atoms with Crippen LogP contribution in [0.4, 0.5) is 4.39 Å². The van der Waals surface area contributed by atoms with Crippen LogP contribution < -0.4 is 5.32 Å². The van der Waals surface area contributed by atoms with E-state index in [9.17, 15) is 19.1 Å². The summed E-state index contributed by atoms with van der Waals surface area (Å²) < 4.78 is 18.8. The molecule has 1 fully saturated rings. The topological polar surface area (TPSA) is 134 Å². The molecule has 2 amide bonds. The van der Waals surface area contributed by atoms with Crippen LogP contribution in [0.5, 0.6) is 5.75 Å². The van der Waals surface area contributed by atoms with Crippen LogP contribution in [-0.2, 0) is 11.2 Å². The Kier molecular flexibility index (Phi) is 5.13. The normalized spacial score (nSPS) is 13.8. The standard InChI is InChI=1S/C22H17FN6O4/c23-13-5-3-12(4-6-13)10-16-27-28-21(33-16)19-20(31)17-14(2-1-7-25-17)18(26-19)22(32)29-9-8-24-15(30)11-29/h1-7,31H,8-11H2,(H,24,30). The highest BCUT2D eigenvalue weighted by atomic mass is 19.1. The molecule has 0 radical (unpaired) electrons. The number of piperazine rings is 1. The van der Waals surface area contributed by atoms with Gasteiger partial charge in [-0.3, -0.25) is 14.6 Å². The minimum Gasteiger partial charge on any atom is -0.504 e. The Morgan fingerprint density at radius 1 is 1.21 bits per heavy atom. The molecule has 0 saturated carbocycles. The largest absolute Gasteiger partial charge is 0.504 e. The number of amides is 2. The number of nitrogens with zero attached hydrogens (tertiary/aromatic N) is 5. The van der Waals surface area contributed by atoms with Gasteiger partial charge in [-0.2, -0.15) is 0 Å². The van der Waals surface area contributed by atoms with Crippen molar-refractivity contribution in [2.24, 2.45) is 0 Å². The molecule has 0 aliphatic carbocycles. The van der Waals surface area contributed by atoms with Crippen molar-refractivity contribution in [2.75, 3.05) is 19.6 Å². The van der Waals surface area contributed by atoms with Gasteiger partial charge in [0.1, 0.15) is 17.0 Å². The highest BCUT2D eigenvalue weighted by Gasteiger charge is 2.28. The van der Waals surface area contributed by atoms with Gasteiger partial charge in [-0.1, -0.05) is 12.1 Å². The summed E-state index contributed by atoms with van der Waals surface area (Å²) in [6.07, 6.45) is 1.72. The molecule has 1 aromatic carbocycles. The number of aromatic nitrogens is 4. The van der Waals surface area contributed by atoms with Gasteiger partial charge in [-0.15, -0.1) is 10.2 Å². The first-order valence-electron chi connectivity index (χ1n) is 10.1. The molecule has 11 heteroatoms. The summed E-state index contributed by atoms with van der Waals surface area (Å²) in [5.41, 5.74) is 0.816. The predicted molar refractivity (Wildman–Crippen MR) is 113 cm³/mol. The Labute approximate surface area is 186 Å². The first-order valence-corrected chi connectivity index (χ1v) is 10.1. The van der Waals surface area contributed by atoms with Crippen LogP contribution in [0.2, 0.25) is 0 Å². The minimum atomic E-state index is -0.477. The van der Waals surface area contributed by atoms with E-state index in [1.54, 1.807) is 24.3 Å². The van der Waals surface area contributed by atoms with Gasteiger partial charge in [0.05, 0.1) is 13.0 Å².